The molecule has 5 nitrogen and oxygen atoms in total. The lowest BCUT2D eigenvalue weighted by Gasteiger charge is -2.32. The molecule has 0 unspecified atom stereocenters. The third kappa shape index (κ3) is 2.75. The van der Waals surface area contributed by atoms with Gasteiger partial charge in [-0.05, 0) is 43.2 Å². The molecular formula is C21H14F4O5S. The first kappa shape index (κ1) is 21.1. The SMILES string of the molecule is Cc1c(C2(c3cc(F)c(O)c(F)c3C)OS(=O)(=O)c3ccccc32)cc(F)c(O)c1F. The van der Waals surface area contributed by atoms with Crippen molar-refractivity contribution in [2.45, 2.75) is 24.3 Å². The van der Waals surface area contributed by atoms with Crippen molar-refractivity contribution in [2.24, 2.45) is 0 Å². The number of hydrogen-bond acceptors (Lipinski definition) is 5. The highest BCUT2D eigenvalue weighted by Gasteiger charge is 2.53. The van der Waals surface area contributed by atoms with E-state index >= 15 is 0 Å². The number of rotatable bonds is 2. The molecule has 3 aromatic carbocycles. The molecular weight excluding hydrogens is 440 g/mol. The Labute approximate surface area is 174 Å². The van der Waals surface area contributed by atoms with E-state index in [1.54, 1.807) is 0 Å². The van der Waals surface area contributed by atoms with E-state index in [0.717, 1.165) is 13.8 Å². The summed E-state index contributed by atoms with van der Waals surface area (Å²) < 4.78 is 88.9. The number of halogens is 4. The van der Waals surface area contributed by atoms with Crippen LogP contribution in [0.2, 0.25) is 0 Å². The molecule has 162 valence electrons. The minimum atomic E-state index is -4.53. The molecule has 0 fully saturated rings. The van der Waals surface area contributed by atoms with Gasteiger partial charge in [-0.1, -0.05) is 18.2 Å². The van der Waals surface area contributed by atoms with Crippen LogP contribution in [0, 0.1) is 37.1 Å². The van der Waals surface area contributed by atoms with E-state index in [1.807, 2.05) is 0 Å². The summed E-state index contributed by atoms with van der Waals surface area (Å²) in [4.78, 5) is -0.364. The number of phenols is 2. The number of fused-ring (bicyclic) bond motifs is 1. The zero-order valence-corrected chi connectivity index (χ0v) is 16.8. The topological polar surface area (TPSA) is 83.8 Å². The van der Waals surface area contributed by atoms with Crippen LogP contribution in [0.1, 0.15) is 27.8 Å². The van der Waals surface area contributed by atoms with Crippen molar-refractivity contribution < 1.29 is 40.4 Å². The number of phenolic OH excluding ortho intramolecular Hbond substituents is 2. The molecule has 0 spiro atoms. The van der Waals surface area contributed by atoms with E-state index in [9.17, 15) is 36.2 Å². The lowest BCUT2D eigenvalue weighted by Crippen LogP contribution is -2.32. The molecule has 0 aromatic heterocycles. The molecule has 31 heavy (non-hydrogen) atoms. The molecule has 1 aliphatic heterocycles. The third-order valence-corrected chi connectivity index (χ3v) is 6.77. The van der Waals surface area contributed by atoms with Crippen molar-refractivity contribution in [1.29, 1.82) is 0 Å². The molecule has 1 aliphatic rings. The minimum Gasteiger partial charge on any atom is -0.503 e. The fraction of sp³-hybridized carbons (Fsp3) is 0.143. The second-order valence-electron chi connectivity index (χ2n) is 7.10. The summed E-state index contributed by atoms with van der Waals surface area (Å²) in [6, 6.07) is 6.55. The molecule has 0 saturated heterocycles. The predicted octanol–water partition coefficient (Wildman–Crippen LogP) is 4.28. The Morgan fingerprint density at radius 3 is 1.74 bits per heavy atom. The van der Waals surface area contributed by atoms with Gasteiger partial charge in [0.05, 0.1) is 0 Å². The lowest BCUT2D eigenvalue weighted by molar-refractivity contribution is 0.175. The minimum absolute atomic E-state index is 0.143. The van der Waals surface area contributed by atoms with Crippen molar-refractivity contribution in [3.63, 3.8) is 0 Å². The lowest BCUT2D eigenvalue weighted by atomic mass is 9.76. The quantitative estimate of drug-likeness (QED) is 0.446. The molecule has 4 rings (SSSR count). The highest BCUT2D eigenvalue weighted by molar-refractivity contribution is 7.87. The van der Waals surface area contributed by atoms with Crippen LogP contribution in [-0.4, -0.2) is 18.6 Å². The zero-order valence-electron chi connectivity index (χ0n) is 16.0. The number of hydrogen-bond donors (Lipinski definition) is 2. The van der Waals surface area contributed by atoms with Gasteiger partial charge in [0.25, 0.3) is 10.1 Å². The Kier molecular flexibility index (Phi) is 4.56. The maximum Gasteiger partial charge on any atom is 0.298 e. The van der Waals surface area contributed by atoms with Gasteiger partial charge in [0.1, 0.15) is 4.90 Å². The molecule has 10 heteroatoms. The van der Waals surface area contributed by atoms with Gasteiger partial charge in [0.2, 0.25) is 0 Å². The van der Waals surface area contributed by atoms with Gasteiger partial charge in [0.15, 0.2) is 40.4 Å². The van der Waals surface area contributed by atoms with Gasteiger partial charge >= 0.3 is 0 Å². The molecule has 3 aromatic rings. The van der Waals surface area contributed by atoms with Gasteiger partial charge in [-0.3, -0.25) is 0 Å². The summed E-state index contributed by atoms with van der Waals surface area (Å²) >= 11 is 0. The predicted molar refractivity (Wildman–Crippen MR) is 100 cm³/mol. The Balaban J connectivity index is 2.26. The first-order valence-corrected chi connectivity index (χ1v) is 10.3. The maximum atomic E-state index is 14.6. The standard InChI is InChI=1S/C21H14F4O5S/c1-9-12(7-14(22)19(26)17(9)24)21(13-8-15(23)20(27)18(25)10(13)2)11-5-3-4-6-16(11)31(28,29)30-21/h3-8,26-27H,1-2H3. The van der Waals surface area contributed by atoms with E-state index < -0.39 is 72.7 Å². The van der Waals surface area contributed by atoms with Crippen molar-refractivity contribution >= 4 is 10.1 Å². The van der Waals surface area contributed by atoms with Crippen LogP contribution in [0.3, 0.4) is 0 Å². The molecule has 0 bridgehead atoms. The highest BCUT2D eigenvalue weighted by Crippen LogP contribution is 2.53. The van der Waals surface area contributed by atoms with Crippen LogP contribution < -0.4 is 0 Å². The Hall–Kier alpha value is -3.11. The largest absolute Gasteiger partial charge is 0.503 e. The molecule has 0 saturated carbocycles. The van der Waals surface area contributed by atoms with Crippen LogP contribution in [-0.2, 0) is 19.9 Å². The fourth-order valence-electron chi connectivity index (χ4n) is 3.89. The Morgan fingerprint density at radius 1 is 0.806 bits per heavy atom. The molecule has 2 N–H and O–H groups in total. The molecule has 0 aliphatic carbocycles. The molecule has 1 heterocycles. The summed E-state index contributed by atoms with van der Waals surface area (Å²) in [7, 11) is -4.53. The van der Waals surface area contributed by atoms with Crippen molar-refractivity contribution in [1.82, 2.24) is 0 Å². The first-order chi connectivity index (χ1) is 14.4. The van der Waals surface area contributed by atoms with Crippen LogP contribution in [0.25, 0.3) is 0 Å². The van der Waals surface area contributed by atoms with Gasteiger partial charge in [-0.15, -0.1) is 0 Å². The summed E-state index contributed by atoms with van der Waals surface area (Å²) in [5.41, 5.74) is -4.20. The van der Waals surface area contributed by atoms with E-state index in [1.165, 1.54) is 24.3 Å². The second kappa shape index (κ2) is 6.69. The maximum absolute atomic E-state index is 14.6. The summed E-state index contributed by atoms with van der Waals surface area (Å²) in [6.45, 7) is 2.26. The van der Waals surface area contributed by atoms with Crippen LogP contribution in [0.4, 0.5) is 17.6 Å². The molecule has 0 amide bonds. The third-order valence-electron chi connectivity index (χ3n) is 5.41. The Bertz CT molecular complexity index is 1310. The number of benzene rings is 3. The number of aromatic hydroxyl groups is 2. The van der Waals surface area contributed by atoms with Crippen LogP contribution >= 0.6 is 0 Å². The van der Waals surface area contributed by atoms with Crippen molar-refractivity contribution in [2.75, 3.05) is 0 Å². The summed E-state index contributed by atoms with van der Waals surface area (Å²) in [6.07, 6.45) is 0. The van der Waals surface area contributed by atoms with Crippen LogP contribution in [0.15, 0.2) is 41.3 Å². The van der Waals surface area contributed by atoms with E-state index in [0.29, 0.717) is 12.1 Å². The van der Waals surface area contributed by atoms with Gasteiger partial charge in [-0.2, -0.15) is 8.42 Å². The monoisotopic (exact) mass is 454 g/mol. The van der Waals surface area contributed by atoms with E-state index in [4.69, 9.17) is 4.18 Å². The van der Waals surface area contributed by atoms with E-state index in [2.05, 4.69) is 0 Å². The fourth-order valence-corrected chi connectivity index (χ4v) is 5.31. The van der Waals surface area contributed by atoms with Crippen molar-refractivity contribution in [3.05, 3.63) is 87.5 Å². The average Bonchev–Trinajstić information content (AvgIpc) is 2.98. The van der Waals surface area contributed by atoms with Crippen molar-refractivity contribution in [3.8, 4) is 11.5 Å². The zero-order chi connectivity index (χ0) is 22.9. The smallest absolute Gasteiger partial charge is 0.298 e. The van der Waals surface area contributed by atoms with Crippen LogP contribution in [0.5, 0.6) is 11.5 Å². The van der Waals surface area contributed by atoms with Gasteiger partial charge < -0.3 is 10.2 Å². The van der Waals surface area contributed by atoms with Gasteiger partial charge in [-0.25, -0.2) is 21.7 Å². The second-order valence-corrected chi connectivity index (χ2v) is 8.62. The molecule has 0 radical (unpaired) electrons. The van der Waals surface area contributed by atoms with Gasteiger partial charge in [0, 0.05) is 16.7 Å². The highest BCUT2D eigenvalue weighted by atomic mass is 32.2. The summed E-state index contributed by atoms with van der Waals surface area (Å²) in [5.74, 6) is -8.25. The van der Waals surface area contributed by atoms with E-state index in [-0.39, 0.29) is 10.5 Å². The molecule has 0 atom stereocenters. The normalized spacial score (nSPS) is 16.3. The first-order valence-electron chi connectivity index (χ1n) is 8.84. The summed E-state index contributed by atoms with van der Waals surface area (Å²) in [5, 5.41) is 19.2. The average molecular weight is 454 g/mol. The Morgan fingerprint density at radius 2 is 1.26 bits per heavy atom.